The zero-order valence-corrected chi connectivity index (χ0v) is 24.9. The predicted molar refractivity (Wildman–Crippen MR) is 191 cm³/mol. The minimum atomic E-state index is 0.664. The average molecular weight is 586 g/mol. The van der Waals surface area contributed by atoms with E-state index in [1.54, 1.807) is 0 Å². The minimum absolute atomic E-state index is 0.664. The lowest BCUT2D eigenvalue weighted by molar-refractivity contribution is 1.17. The van der Waals surface area contributed by atoms with Crippen LogP contribution in [0.4, 0.5) is 0 Å². The van der Waals surface area contributed by atoms with Crippen molar-refractivity contribution in [2.24, 2.45) is 0 Å². The first kappa shape index (κ1) is 26.1. The normalized spacial score (nSPS) is 11.5. The molecule has 9 rings (SSSR count). The first-order valence-corrected chi connectivity index (χ1v) is 15.5. The highest BCUT2D eigenvalue weighted by atomic mass is 15.0. The van der Waals surface area contributed by atoms with Crippen molar-refractivity contribution in [2.75, 3.05) is 0 Å². The lowest BCUT2D eigenvalue weighted by Crippen LogP contribution is -1.99. The van der Waals surface area contributed by atoms with Gasteiger partial charge in [-0.3, -0.25) is 0 Å². The van der Waals surface area contributed by atoms with Gasteiger partial charge in [0.1, 0.15) is 0 Å². The Balaban J connectivity index is 1.35. The van der Waals surface area contributed by atoms with Gasteiger partial charge in [0, 0.05) is 32.8 Å². The molecule has 3 nitrogen and oxygen atoms in total. The Bertz CT molecular complexity index is 2560. The maximum atomic E-state index is 9.97. The van der Waals surface area contributed by atoms with E-state index in [9.17, 15) is 5.26 Å². The molecule has 0 unspecified atom stereocenters. The zero-order chi connectivity index (χ0) is 30.6. The Kier molecular flexibility index (Phi) is 5.88. The maximum absolute atomic E-state index is 9.97. The van der Waals surface area contributed by atoms with Crippen molar-refractivity contribution in [3.05, 3.63) is 169 Å². The molecule has 2 aromatic heterocycles. The predicted octanol–water partition coefficient (Wildman–Crippen LogP) is 11.1. The molecule has 214 valence electrons. The molecule has 0 saturated heterocycles. The van der Waals surface area contributed by atoms with E-state index in [1.807, 2.05) is 24.3 Å². The zero-order valence-electron chi connectivity index (χ0n) is 24.9. The van der Waals surface area contributed by atoms with Gasteiger partial charge in [0.25, 0.3) is 0 Å². The molecular weight excluding hydrogens is 558 g/mol. The maximum Gasteiger partial charge on any atom is 0.0998 e. The molecule has 0 spiro atoms. The Labute approximate surface area is 266 Å². The summed E-state index contributed by atoms with van der Waals surface area (Å²) in [5.74, 6) is 0. The van der Waals surface area contributed by atoms with Crippen LogP contribution in [0.2, 0.25) is 0 Å². The first-order valence-electron chi connectivity index (χ1n) is 15.5. The number of aromatic nitrogens is 2. The monoisotopic (exact) mass is 585 g/mol. The van der Waals surface area contributed by atoms with E-state index >= 15 is 0 Å². The van der Waals surface area contributed by atoms with E-state index in [-0.39, 0.29) is 0 Å². The van der Waals surface area contributed by atoms with E-state index in [4.69, 9.17) is 0 Å². The SMILES string of the molecule is N#Cc1ccccc1-c1ccc(-n2c3ccccc3c3ccccc32)c(-c2cccc(-n3c4ccccc4c4ccccc43)c2)c1. The van der Waals surface area contributed by atoms with Gasteiger partial charge in [-0.25, -0.2) is 0 Å². The van der Waals surface area contributed by atoms with Gasteiger partial charge in [-0.2, -0.15) is 5.26 Å². The molecule has 2 heterocycles. The number of nitriles is 1. The fourth-order valence-corrected chi connectivity index (χ4v) is 7.16. The smallest absolute Gasteiger partial charge is 0.0998 e. The van der Waals surface area contributed by atoms with Crippen molar-refractivity contribution in [3.63, 3.8) is 0 Å². The van der Waals surface area contributed by atoms with Crippen LogP contribution in [0, 0.1) is 11.3 Å². The summed E-state index contributed by atoms with van der Waals surface area (Å²) in [6.45, 7) is 0. The van der Waals surface area contributed by atoms with Gasteiger partial charge in [0.15, 0.2) is 0 Å². The van der Waals surface area contributed by atoms with Crippen LogP contribution in [0.3, 0.4) is 0 Å². The quantitative estimate of drug-likeness (QED) is 0.202. The largest absolute Gasteiger partial charge is 0.309 e. The lowest BCUT2D eigenvalue weighted by atomic mass is 9.94. The van der Waals surface area contributed by atoms with E-state index in [1.165, 1.54) is 32.6 Å². The summed E-state index contributed by atoms with van der Waals surface area (Å²) in [6.07, 6.45) is 0. The lowest BCUT2D eigenvalue weighted by Gasteiger charge is -2.17. The third kappa shape index (κ3) is 3.91. The Hall–Kier alpha value is -6.37. The summed E-state index contributed by atoms with van der Waals surface area (Å²) in [4.78, 5) is 0. The van der Waals surface area contributed by atoms with Crippen LogP contribution in [0.25, 0.3) is 77.2 Å². The van der Waals surface area contributed by atoms with Crippen LogP contribution in [0.5, 0.6) is 0 Å². The molecule has 0 aliphatic carbocycles. The van der Waals surface area contributed by atoms with Gasteiger partial charge in [0.2, 0.25) is 0 Å². The van der Waals surface area contributed by atoms with Gasteiger partial charge < -0.3 is 9.13 Å². The Morgan fingerprint density at radius 2 is 0.891 bits per heavy atom. The van der Waals surface area contributed by atoms with E-state index in [2.05, 4.69) is 155 Å². The van der Waals surface area contributed by atoms with Crippen LogP contribution in [-0.4, -0.2) is 9.13 Å². The molecule has 46 heavy (non-hydrogen) atoms. The molecule has 0 aliphatic rings. The number of rotatable bonds is 4. The second kappa shape index (κ2) is 10.4. The number of para-hydroxylation sites is 4. The average Bonchev–Trinajstić information content (AvgIpc) is 3.64. The van der Waals surface area contributed by atoms with Crippen LogP contribution in [-0.2, 0) is 0 Å². The third-order valence-corrected chi connectivity index (χ3v) is 9.17. The number of fused-ring (bicyclic) bond motifs is 6. The van der Waals surface area contributed by atoms with Crippen molar-refractivity contribution in [2.45, 2.75) is 0 Å². The van der Waals surface area contributed by atoms with Crippen LogP contribution in [0.1, 0.15) is 5.56 Å². The highest BCUT2D eigenvalue weighted by Crippen LogP contribution is 2.40. The van der Waals surface area contributed by atoms with E-state index < -0.39 is 0 Å². The first-order chi connectivity index (χ1) is 22.8. The summed E-state index contributed by atoms with van der Waals surface area (Å²) < 4.78 is 4.75. The second-order valence-corrected chi connectivity index (χ2v) is 11.7. The molecule has 3 heteroatoms. The molecule has 0 bridgehead atoms. The van der Waals surface area contributed by atoms with Crippen molar-refractivity contribution in [3.8, 4) is 39.7 Å². The summed E-state index contributed by atoms with van der Waals surface area (Å²) in [7, 11) is 0. The highest BCUT2D eigenvalue weighted by Gasteiger charge is 2.18. The summed E-state index contributed by atoms with van der Waals surface area (Å²) in [6, 6.07) is 60.2. The summed E-state index contributed by atoms with van der Waals surface area (Å²) in [5.41, 5.74) is 11.7. The molecule has 9 aromatic rings. The Morgan fingerprint density at radius 1 is 0.391 bits per heavy atom. The van der Waals surface area contributed by atoms with E-state index in [0.29, 0.717) is 5.56 Å². The van der Waals surface area contributed by atoms with Gasteiger partial charge in [0.05, 0.1) is 39.4 Å². The second-order valence-electron chi connectivity index (χ2n) is 11.7. The van der Waals surface area contributed by atoms with Crippen LogP contribution >= 0.6 is 0 Å². The molecule has 0 N–H and O–H groups in total. The highest BCUT2D eigenvalue weighted by molar-refractivity contribution is 6.10. The van der Waals surface area contributed by atoms with Gasteiger partial charge in [-0.15, -0.1) is 0 Å². The van der Waals surface area contributed by atoms with Crippen molar-refractivity contribution >= 4 is 43.6 Å². The summed E-state index contributed by atoms with van der Waals surface area (Å²) >= 11 is 0. The minimum Gasteiger partial charge on any atom is -0.309 e. The molecule has 0 aliphatic heterocycles. The number of hydrogen-bond donors (Lipinski definition) is 0. The summed E-state index contributed by atoms with van der Waals surface area (Å²) in [5, 5.41) is 14.9. The van der Waals surface area contributed by atoms with Gasteiger partial charge in [-0.05, 0) is 71.3 Å². The number of hydrogen-bond acceptors (Lipinski definition) is 1. The van der Waals surface area contributed by atoms with Crippen LogP contribution in [0.15, 0.2) is 164 Å². The van der Waals surface area contributed by atoms with Gasteiger partial charge >= 0.3 is 0 Å². The third-order valence-electron chi connectivity index (χ3n) is 9.17. The standard InChI is InChI=1S/C43H27N3/c44-28-31-12-1-2-15-33(31)30-24-25-43(46-41-22-9-5-18-36(41)37-19-6-10-23-42(37)46)38(27-30)29-13-11-14-32(26-29)45-39-20-7-3-16-34(39)35-17-4-8-21-40(35)45/h1-27H. The number of benzene rings is 7. The topological polar surface area (TPSA) is 33.6 Å². The van der Waals surface area contributed by atoms with Crippen molar-refractivity contribution in [1.29, 1.82) is 5.26 Å². The van der Waals surface area contributed by atoms with Crippen molar-refractivity contribution < 1.29 is 0 Å². The molecule has 0 amide bonds. The molecular formula is C43H27N3. The van der Waals surface area contributed by atoms with Gasteiger partial charge in [-0.1, -0.05) is 109 Å². The van der Waals surface area contributed by atoms with Crippen LogP contribution < -0.4 is 0 Å². The van der Waals surface area contributed by atoms with Crippen molar-refractivity contribution in [1.82, 2.24) is 9.13 Å². The number of nitrogens with zero attached hydrogens (tertiary/aromatic N) is 3. The Morgan fingerprint density at radius 3 is 1.48 bits per heavy atom. The van der Waals surface area contributed by atoms with E-state index in [0.717, 1.165) is 44.7 Å². The molecule has 0 radical (unpaired) electrons. The molecule has 7 aromatic carbocycles. The molecule has 0 fully saturated rings. The molecule has 0 atom stereocenters. The fourth-order valence-electron chi connectivity index (χ4n) is 7.16. The fraction of sp³-hybridized carbons (Fsp3) is 0. The molecule has 0 saturated carbocycles.